The number of carbonyl (C=O) groups is 1. The Bertz CT molecular complexity index is 421. The molecule has 1 aromatic rings. The zero-order valence-electron chi connectivity index (χ0n) is 10.5. The molecular weight excluding hydrogens is 237 g/mol. The molecule has 4 nitrogen and oxygen atoms in total. The molecule has 1 unspecified atom stereocenters. The Kier molecular flexibility index (Phi) is 5.09. The first-order valence-corrected chi connectivity index (χ1v) is 5.90. The van der Waals surface area contributed by atoms with Crippen LogP contribution in [0.3, 0.4) is 0 Å². The van der Waals surface area contributed by atoms with Crippen LogP contribution in [0.15, 0.2) is 18.2 Å². The van der Waals surface area contributed by atoms with Gasteiger partial charge in [0, 0.05) is 17.7 Å². The number of rotatable bonds is 6. The maximum absolute atomic E-state index is 13.2. The number of aliphatic carboxylic acids is 1. The molecule has 0 fully saturated rings. The summed E-state index contributed by atoms with van der Waals surface area (Å²) < 4.78 is 18.5. The molecule has 3 N–H and O–H groups in total. The van der Waals surface area contributed by atoms with E-state index < -0.39 is 17.9 Å². The van der Waals surface area contributed by atoms with Gasteiger partial charge in [-0.3, -0.25) is 0 Å². The fourth-order valence-electron chi connectivity index (χ4n) is 1.63. The van der Waals surface area contributed by atoms with Gasteiger partial charge < -0.3 is 15.6 Å². The van der Waals surface area contributed by atoms with Crippen molar-refractivity contribution in [1.82, 2.24) is 0 Å². The number of ether oxygens (including phenoxy) is 1. The fraction of sp³-hybridized carbons (Fsp3) is 0.462. The number of hydrogen-bond acceptors (Lipinski definition) is 3. The molecule has 0 aromatic heterocycles. The van der Waals surface area contributed by atoms with Gasteiger partial charge in [-0.2, -0.15) is 0 Å². The summed E-state index contributed by atoms with van der Waals surface area (Å²) in [7, 11) is 0. The van der Waals surface area contributed by atoms with Gasteiger partial charge in [-0.15, -0.1) is 0 Å². The molecular formula is C13H18FNO3. The van der Waals surface area contributed by atoms with E-state index >= 15 is 0 Å². The van der Waals surface area contributed by atoms with Crippen LogP contribution in [0.25, 0.3) is 0 Å². The molecule has 0 aliphatic carbocycles. The highest BCUT2D eigenvalue weighted by molar-refractivity contribution is 5.72. The van der Waals surface area contributed by atoms with Gasteiger partial charge in [0.25, 0.3) is 0 Å². The van der Waals surface area contributed by atoms with Crippen molar-refractivity contribution >= 4 is 5.97 Å². The van der Waals surface area contributed by atoms with Crippen molar-refractivity contribution in [1.29, 1.82) is 0 Å². The van der Waals surface area contributed by atoms with Crippen molar-refractivity contribution in [2.45, 2.75) is 38.8 Å². The minimum absolute atomic E-state index is 0.200. The van der Waals surface area contributed by atoms with Crippen molar-refractivity contribution in [2.24, 2.45) is 5.73 Å². The summed E-state index contributed by atoms with van der Waals surface area (Å²) in [6.45, 7) is 3.59. The molecule has 2 atom stereocenters. The molecule has 100 valence electrons. The van der Waals surface area contributed by atoms with Gasteiger partial charge in [0.2, 0.25) is 0 Å². The highest BCUT2D eigenvalue weighted by Crippen LogP contribution is 2.26. The van der Waals surface area contributed by atoms with Crippen LogP contribution >= 0.6 is 0 Å². The monoisotopic (exact) mass is 255 g/mol. The van der Waals surface area contributed by atoms with Gasteiger partial charge in [0.05, 0.1) is 0 Å². The standard InChI is InChI=1S/C13H18FNO3/c1-3-4-11(13(16)17)18-12-7-9(14)5-6-10(12)8(2)15/h5-8,11H,3-4,15H2,1-2H3,(H,16,17)/t8-,11?/m1/s1. The smallest absolute Gasteiger partial charge is 0.344 e. The van der Waals surface area contributed by atoms with Gasteiger partial charge in [-0.05, 0) is 19.4 Å². The van der Waals surface area contributed by atoms with E-state index in [1.807, 2.05) is 6.92 Å². The lowest BCUT2D eigenvalue weighted by Crippen LogP contribution is -2.27. The molecule has 0 aliphatic heterocycles. The van der Waals surface area contributed by atoms with Gasteiger partial charge >= 0.3 is 5.97 Å². The van der Waals surface area contributed by atoms with E-state index in [-0.39, 0.29) is 11.8 Å². The normalized spacial score (nSPS) is 14.0. The maximum Gasteiger partial charge on any atom is 0.344 e. The van der Waals surface area contributed by atoms with E-state index in [1.54, 1.807) is 6.92 Å². The lowest BCUT2D eigenvalue weighted by Gasteiger charge is -2.18. The quantitative estimate of drug-likeness (QED) is 0.819. The van der Waals surface area contributed by atoms with Crippen molar-refractivity contribution in [3.05, 3.63) is 29.6 Å². The van der Waals surface area contributed by atoms with Crippen LogP contribution in [0.2, 0.25) is 0 Å². The Hall–Kier alpha value is -1.62. The topological polar surface area (TPSA) is 72.5 Å². The SMILES string of the molecule is CCCC(Oc1cc(F)ccc1[C@@H](C)N)C(=O)O. The van der Waals surface area contributed by atoms with Crippen LogP contribution in [0.1, 0.15) is 38.3 Å². The van der Waals surface area contributed by atoms with Crippen LogP contribution < -0.4 is 10.5 Å². The summed E-state index contributed by atoms with van der Waals surface area (Å²) in [5.41, 5.74) is 6.34. The number of carboxylic acid groups (broad SMARTS) is 1. The molecule has 1 aromatic carbocycles. The first kappa shape index (κ1) is 14.4. The highest BCUT2D eigenvalue weighted by Gasteiger charge is 2.20. The summed E-state index contributed by atoms with van der Waals surface area (Å²) in [5, 5.41) is 9.01. The zero-order valence-corrected chi connectivity index (χ0v) is 10.5. The molecule has 0 saturated carbocycles. The molecule has 0 spiro atoms. The van der Waals surface area contributed by atoms with E-state index in [0.29, 0.717) is 18.4 Å². The Labute approximate surface area is 106 Å². The lowest BCUT2D eigenvalue weighted by molar-refractivity contribution is -0.145. The van der Waals surface area contributed by atoms with E-state index in [4.69, 9.17) is 15.6 Å². The van der Waals surface area contributed by atoms with Gasteiger partial charge in [-0.25, -0.2) is 9.18 Å². The van der Waals surface area contributed by atoms with Gasteiger partial charge in [0.15, 0.2) is 6.10 Å². The molecule has 0 aliphatic rings. The van der Waals surface area contributed by atoms with Crippen LogP contribution in [0, 0.1) is 5.82 Å². The molecule has 0 heterocycles. The Morgan fingerprint density at radius 1 is 1.56 bits per heavy atom. The molecule has 0 bridgehead atoms. The second-order valence-corrected chi connectivity index (χ2v) is 4.20. The van der Waals surface area contributed by atoms with E-state index in [2.05, 4.69) is 0 Å². The number of hydrogen-bond donors (Lipinski definition) is 2. The van der Waals surface area contributed by atoms with E-state index in [1.165, 1.54) is 18.2 Å². The summed E-state index contributed by atoms with van der Waals surface area (Å²) in [5.74, 6) is -1.34. The largest absolute Gasteiger partial charge is 0.479 e. The first-order valence-electron chi connectivity index (χ1n) is 5.90. The molecule has 18 heavy (non-hydrogen) atoms. The third kappa shape index (κ3) is 3.70. The van der Waals surface area contributed by atoms with Crippen molar-refractivity contribution in [2.75, 3.05) is 0 Å². The van der Waals surface area contributed by atoms with Crippen molar-refractivity contribution < 1.29 is 19.0 Å². The molecule has 5 heteroatoms. The van der Waals surface area contributed by atoms with Crippen molar-refractivity contribution in [3.63, 3.8) is 0 Å². The summed E-state index contributed by atoms with van der Waals surface area (Å²) >= 11 is 0. The lowest BCUT2D eigenvalue weighted by atomic mass is 10.1. The summed E-state index contributed by atoms with van der Waals surface area (Å²) in [6.07, 6.45) is 0.0543. The average Bonchev–Trinajstić information content (AvgIpc) is 2.28. The molecule has 1 rings (SSSR count). The predicted molar refractivity (Wildman–Crippen MR) is 66.0 cm³/mol. The average molecular weight is 255 g/mol. The van der Waals surface area contributed by atoms with E-state index in [9.17, 15) is 9.18 Å². The second-order valence-electron chi connectivity index (χ2n) is 4.20. The predicted octanol–water partition coefficient (Wildman–Crippen LogP) is 2.48. The highest BCUT2D eigenvalue weighted by atomic mass is 19.1. The maximum atomic E-state index is 13.2. The number of benzene rings is 1. The van der Waals surface area contributed by atoms with Gasteiger partial charge in [0.1, 0.15) is 11.6 Å². The third-order valence-electron chi connectivity index (χ3n) is 2.56. The Morgan fingerprint density at radius 3 is 2.72 bits per heavy atom. The van der Waals surface area contributed by atoms with E-state index in [0.717, 1.165) is 0 Å². The Balaban J connectivity index is 3.00. The number of carboxylic acids is 1. The molecule has 0 amide bonds. The molecule has 0 saturated heterocycles. The minimum atomic E-state index is -1.06. The minimum Gasteiger partial charge on any atom is -0.479 e. The van der Waals surface area contributed by atoms with Crippen LogP contribution in [0.4, 0.5) is 4.39 Å². The van der Waals surface area contributed by atoms with Crippen LogP contribution in [-0.4, -0.2) is 17.2 Å². The molecule has 0 radical (unpaired) electrons. The number of nitrogens with two attached hydrogens (primary N) is 1. The van der Waals surface area contributed by atoms with Crippen LogP contribution in [0.5, 0.6) is 5.75 Å². The summed E-state index contributed by atoms with van der Waals surface area (Å²) in [4.78, 5) is 11.0. The first-order chi connectivity index (χ1) is 8.45. The van der Waals surface area contributed by atoms with Crippen LogP contribution in [-0.2, 0) is 4.79 Å². The zero-order chi connectivity index (χ0) is 13.7. The van der Waals surface area contributed by atoms with Crippen molar-refractivity contribution in [3.8, 4) is 5.75 Å². The number of halogens is 1. The summed E-state index contributed by atoms with van der Waals surface area (Å²) in [6, 6.07) is 3.61. The second kappa shape index (κ2) is 6.35. The third-order valence-corrected chi connectivity index (χ3v) is 2.56. The Morgan fingerprint density at radius 2 is 2.22 bits per heavy atom. The fourth-order valence-corrected chi connectivity index (χ4v) is 1.63. The van der Waals surface area contributed by atoms with Gasteiger partial charge in [-0.1, -0.05) is 19.4 Å².